The van der Waals surface area contributed by atoms with Gasteiger partial charge in [-0.1, -0.05) is 17.7 Å². The topological polar surface area (TPSA) is 30.0 Å². The Balaban J connectivity index is 1.95. The van der Waals surface area contributed by atoms with Crippen molar-refractivity contribution in [2.45, 2.75) is 12.1 Å². The third kappa shape index (κ3) is 1.65. The molecule has 94 valence electrons. The van der Waals surface area contributed by atoms with E-state index in [2.05, 4.69) is 19.6 Å². The van der Waals surface area contributed by atoms with E-state index in [4.69, 9.17) is 23.2 Å². The van der Waals surface area contributed by atoms with Crippen molar-refractivity contribution in [3.05, 3.63) is 11.6 Å². The Kier molecular flexibility index (Phi) is 2.93. The number of hydrogen-bond donors (Lipinski definition) is 0. The molecule has 0 amide bonds. The second-order valence-corrected chi connectivity index (χ2v) is 5.38. The van der Waals surface area contributed by atoms with Crippen LogP contribution in [-0.4, -0.2) is 63.8 Å². The van der Waals surface area contributed by atoms with Crippen molar-refractivity contribution in [2.24, 2.45) is 0 Å². The van der Waals surface area contributed by atoms with Crippen LogP contribution in [0.2, 0.25) is 0 Å². The van der Waals surface area contributed by atoms with E-state index in [-0.39, 0.29) is 5.24 Å². The number of rotatable bonds is 3. The zero-order valence-electron chi connectivity index (χ0n) is 9.35. The molecule has 0 aromatic heterocycles. The van der Waals surface area contributed by atoms with Gasteiger partial charge < -0.3 is 0 Å². The van der Waals surface area contributed by atoms with Crippen LogP contribution in [0.25, 0.3) is 0 Å². The molecule has 4 saturated heterocycles. The van der Waals surface area contributed by atoms with Crippen LogP contribution < -0.4 is 0 Å². The fourth-order valence-corrected chi connectivity index (χ4v) is 3.48. The minimum atomic E-state index is -0.708. The molecule has 5 nitrogen and oxygen atoms in total. The van der Waals surface area contributed by atoms with E-state index in [1.54, 1.807) is 6.08 Å². The lowest BCUT2D eigenvalue weighted by Crippen LogP contribution is -2.82. The van der Waals surface area contributed by atoms with Gasteiger partial charge in [0.15, 0.2) is 5.66 Å². The molecule has 0 aliphatic carbocycles. The standard InChI is InChI=1S/C10H14Cl2N4O/c11-3-1-2-10(9(12)17)15-5-13-4-14(7-15)8-16(10)6-13/h1,3H,2,4-8H2. The first-order valence-electron chi connectivity index (χ1n) is 5.57. The van der Waals surface area contributed by atoms with Crippen LogP contribution in [0, 0.1) is 0 Å². The van der Waals surface area contributed by atoms with Crippen LogP contribution in [0.4, 0.5) is 0 Å². The van der Waals surface area contributed by atoms with Gasteiger partial charge in [-0.15, -0.1) is 0 Å². The van der Waals surface area contributed by atoms with Gasteiger partial charge in [0.05, 0.1) is 33.3 Å². The SMILES string of the molecule is O=C(Cl)C1(CC=CCl)N2CN3CN(C2)CN1C3. The van der Waals surface area contributed by atoms with E-state index in [1.165, 1.54) is 5.54 Å². The van der Waals surface area contributed by atoms with Gasteiger partial charge in [0, 0.05) is 12.0 Å². The van der Waals surface area contributed by atoms with E-state index < -0.39 is 5.66 Å². The molecular formula is C10H14Cl2N4O. The summed E-state index contributed by atoms with van der Waals surface area (Å²) in [5, 5.41) is -0.312. The Labute approximate surface area is 110 Å². The van der Waals surface area contributed by atoms with E-state index in [9.17, 15) is 4.79 Å². The average Bonchev–Trinajstić information content (AvgIpc) is 2.27. The summed E-state index contributed by atoms with van der Waals surface area (Å²) in [6, 6.07) is 0. The Bertz CT molecular complexity index is 345. The largest absolute Gasteiger partial charge is 0.278 e. The highest BCUT2D eigenvalue weighted by atomic mass is 35.5. The van der Waals surface area contributed by atoms with Crippen LogP contribution in [0.1, 0.15) is 6.42 Å². The summed E-state index contributed by atoms with van der Waals surface area (Å²) < 4.78 is 0. The summed E-state index contributed by atoms with van der Waals surface area (Å²) in [6.07, 6.45) is 2.34. The molecule has 4 bridgehead atoms. The number of halogens is 2. The maximum Gasteiger partial charge on any atom is 0.257 e. The Morgan fingerprint density at radius 2 is 1.65 bits per heavy atom. The molecule has 0 aromatic rings. The monoisotopic (exact) mass is 276 g/mol. The van der Waals surface area contributed by atoms with Crippen LogP contribution in [0.3, 0.4) is 0 Å². The third-order valence-electron chi connectivity index (χ3n) is 3.74. The van der Waals surface area contributed by atoms with Gasteiger partial charge in [-0.2, -0.15) is 0 Å². The fourth-order valence-electron chi connectivity index (χ4n) is 3.07. The second-order valence-electron chi connectivity index (χ2n) is 4.78. The normalized spacial score (nSPS) is 47.9. The molecular weight excluding hydrogens is 263 g/mol. The van der Waals surface area contributed by atoms with Crippen LogP contribution >= 0.6 is 23.2 Å². The number of carbonyl (C=O) groups is 1. The summed E-state index contributed by atoms with van der Waals surface area (Å²) in [5.41, 5.74) is 0.746. The molecule has 0 unspecified atom stereocenters. The zero-order chi connectivity index (χ0) is 12.0. The summed E-state index contributed by atoms with van der Waals surface area (Å²) >= 11 is 11.5. The van der Waals surface area contributed by atoms with Crippen molar-refractivity contribution in [2.75, 3.05) is 33.3 Å². The van der Waals surface area contributed by atoms with E-state index in [0.29, 0.717) is 6.42 Å². The summed E-state index contributed by atoms with van der Waals surface area (Å²) in [7, 11) is 0. The van der Waals surface area contributed by atoms with Gasteiger partial charge >= 0.3 is 0 Å². The van der Waals surface area contributed by atoms with Crippen molar-refractivity contribution >= 4 is 28.4 Å². The van der Waals surface area contributed by atoms with Crippen molar-refractivity contribution in [3.63, 3.8) is 0 Å². The maximum atomic E-state index is 11.9. The molecule has 7 heteroatoms. The minimum Gasteiger partial charge on any atom is -0.278 e. The lowest BCUT2D eigenvalue weighted by molar-refractivity contribution is -0.263. The average molecular weight is 277 g/mol. The predicted octanol–water partition coefficient (Wildman–Crippen LogP) is 0.627. The molecule has 0 radical (unpaired) electrons. The molecule has 17 heavy (non-hydrogen) atoms. The minimum absolute atomic E-state index is 0.312. The van der Waals surface area contributed by atoms with Gasteiger partial charge in [0.1, 0.15) is 0 Å². The van der Waals surface area contributed by atoms with Gasteiger partial charge in [0.25, 0.3) is 5.24 Å². The van der Waals surface area contributed by atoms with Crippen molar-refractivity contribution in [1.82, 2.24) is 19.6 Å². The first kappa shape index (κ1) is 11.9. The van der Waals surface area contributed by atoms with Crippen molar-refractivity contribution < 1.29 is 4.79 Å². The predicted molar refractivity (Wildman–Crippen MR) is 64.9 cm³/mol. The summed E-state index contributed by atoms with van der Waals surface area (Å²) in [4.78, 5) is 20.7. The van der Waals surface area contributed by atoms with E-state index in [0.717, 1.165) is 33.3 Å². The lowest BCUT2D eigenvalue weighted by Gasteiger charge is -2.64. The molecule has 4 aliphatic heterocycles. The molecule has 0 aromatic carbocycles. The highest BCUT2D eigenvalue weighted by Crippen LogP contribution is 2.38. The number of nitrogens with zero attached hydrogens (tertiary/aromatic N) is 4. The smallest absolute Gasteiger partial charge is 0.257 e. The van der Waals surface area contributed by atoms with E-state index in [1.807, 2.05) is 0 Å². The van der Waals surface area contributed by atoms with E-state index >= 15 is 0 Å². The molecule has 0 spiro atoms. The maximum absolute atomic E-state index is 11.9. The first-order chi connectivity index (χ1) is 8.16. The first-order valence-corrected chi connectivity index (χ1v) is 6.38. The highest BCUT2D eigenvalue weighted by Gasteiger charge is 2.56. The van der Waals surface area contributed by atoms with Crippen LogP contribution in [0.5, 0.6) is 0 Å². The molecule has 4 rings (SSSR count). The second kappa shape index (κ2) is 4.19. The summed E-state index contributed by atoms with van der Waals surface area (Å²) in [5.74, 6) is 0. The van der Waals surface area contributed by atoms with Gasteiger partial charge in [-0.05, 0) is 11.6 Å². The third-order valence-corrected chi connectivity index (χ3v) is 4.22. The number of carbonyl (C=O) groups excluding carboxylic acids is 1. The Morgan fingerprint density at radius 3 is 2.06 bits per heavy atom. The zero-order valence-corrected chi connectivity index (χ0v) is 10.9. The lowest BCUT2D eigenvalue weighted by atomic mass is 10.00. The van der Waals surface area contributed by atoms with Crippen molar-refractivity contribution in [3.8, 4) is 0 Å². The molecule has 4 aliphatic rings. The Morgan fingerprint density at radius 1 is 1.12 bits per heavy atom. The quantitative estimate of drug-likeness (QED) is 0.706. The van der Waals surface area contributed by atoms with Gasteiger partial charge in [-0.25, -0.2) is 0 Å². The molecule has 0 N–H and O–H groups in total. The highest BCUT2D eigenvalue weighted by molar-refractivity contribution is 6.65. The van der Waals surface area contributed by atoms with Gasteiger partial charge in [-0.3, -0.25) is 24.4 Å². The number of hydrogen-bond acceptors (Lipinski definition) is 5. The van der Waals surface area contributed by atoms with Gasteiger partial charge in [0.2, 0.25) is 0 Å². The Hall–Kier alpha value is -0.170. The van der Waals surface area contributed by atoms with Crippen LogP contribution in [0.15, 0.2) is 11.6 Å². The summed E-state index contributed by atoms with van der Waals surface area (Å²) in [6.45, 7) is 4.15. The van der Waals surface area contributed by atoms with Crippen molar-refractivity contribution in [1.29, 1.82) is 0 Å². The molecule has 0 atom stereocenters. The fraction of sp³-hybridized carbons (Fsp3) is 0.700. The van der Waals surface area contributed by atoms with Crippen LogP contribution in [-0.2, 0) is 4.79 Å². The molecule has 0 saturated carbocycles. The molecule has 4 fully saturated rings. The molecule has 4 heterocycles.